The van der Waals surface area contributed by atoms with Crippen LogP contribution < -0.4 is 11.1 Å². The van der Waals surface area contributed by atoms with E-state index >= 15 is 0 Å². The predicted octanol–water partition coefficient (Wildman–Crippen LogP) is 3.26. The average molecular weight is 300 g/mol. The molecular formula is C11H10F6N2O. The van der Waals surface area contributed by atoms with Gasteiger partial charge in [-0.2, -0.15) is 26.3 Å². The van der Waals surface area contributed by atoms with Crippen LogP contribution in [0.25, 0.3) is 0 Å². The van der Waals surface area contributed by atoms with Crippen LogP contribution in [-0.2, 0) is 4.79 Å². The Bertz CT molecular complexity index is 495. The normalized spacial score (nSPS) is 12.6. The molecule has 0 unspecified atom stereocenters. The highest BCUT2D eigenvalue weighted by molar-refractivity contribution is 5.96. The lowest BCUT2D eigenvalue weighted by Crippen LogP contribution is -2.45. The maximum atomic E-state index is 12.3. The van der Waals surface area contributed by atoms with Gasteiger partial charge in [-0.1, -0.05) is 6.07 Å². The quantitative estimate of drug-likeness (QED) is 0.650. The van der Waals surface area contributed by atoms with Gasteiger partial charge in [0.1, 0.15) is 0 Å². The van der Waals surface area contributed by atoms with Crippen LogP contribution in [0, 0.1) is 12.8 Å². The van der Waals surface area contributed by atoms with Gasteiger partial charge < -0.3 is 11.1 Å². The first-order valence-corrected chi connectivity index (χ1v) is 5.23. The lowest BCUT2D eigenvalue weighted by molar-refractivity contribution is -0.272. The summed E-state index contributed by atoms with van der Waals surface area (Å²) in [6.07, 6.45) is -11.5. The molecule has 0 saturated heterocycles. The summed E-state index contributed by atoms with van der Waals surface area (Å²) in [7, 11) is 0. The maximum Gasteiger partial charge on any atom is 0.409 e. The van der Waals surface area contributed by atoms with Crippen molar-refractivity contribution < 1.29 is 31.1 Å². The fourth-order valence-corrected chi connectivity index (χ4v) is 1.47. The van der Waals surface area contributed by atoms with Crippen LogP contribution >= 0.6 is 0 Å². The second kappa shape index (κ2) is 5.22. The number of nitrogens with one attached hydrogen (secondary N) is 1. The average Bonchev–Trinajstić information content (AvgIpc) is 2.18. The van der Waals surface area contributed by atoms with Crippen molar-refractivity contribution in [3.8, 4) is 0 Å². The van der Waals surface area contributed by atoms with Gasteiger partial charge in [0.2, 0.25) is 11.8 Å². The Morgan fingerprint density at radius 3 is 2.10 bits per heavy atom. The molecule has 1 aromatic rings. The summed E-state index contributed by atoms with van der Waals surface area (Å²) in [5.74, 6) is -6.32. The van der Waals surface area contributed by atoms with Crippen LogP contribution in [0.5, 0.6) is 0 Å². The summed E-state index contributed by atoms with van der Waals surface area (Å²) in [4.78, 5) is 11.3. The highest BCUT2D eigenvalue weighted by Crippen LogP contribution is 2.40. The lowest BCUT2D eigenvalue weighted by Gasteiger charge is -2.22. The number of aryl methyl sites for hydroxylation is 1. The van der Waals surface area contributed by atoms with Gasteiger partial charge in [0.25, 0.3) is 0 Å². The first-order chi connectivity index (χ1) is 8.93. The molecule has 0 fully saturated rings. The Kier molecular flexibility index (Phi) is 4.21. The van der Waals surface area contributed by atoms with Crippen LogP contribution in [0.1, 0.15) is 5.56 Å². The molecule has 0 saturated carbocycles. The minimum Gasteiger partial charge on any atom is -0.397 e. The number of nitrogens with two attached hydrogens (primary N) is 1. The van der Waals surface area contributed by atoms with Crippen molar-refractivity contribution in [3.63, 3.8) is 0 Å². The molecule has 20 heavy (non-hydrogen) atoms. The van der Waals surface area contributed by atoms with Crippen molar-refractivity contribution in [2.75, 3.05) is 11.1 Å². The van der Waals surface area contributed by atoms with Crippen LogP contribution in [0.3, 0.4) is 0 Å². The van der Waals surface area contributed by atoms with Gasteiger partial charge in [0.05, 0.1) is 11.4 Å². The Morgan fingerprint density at radius 2 is 1.65 bits per heavy atom. The molecule has 1 amide bonds. The largest absolute Gasteiger partial charge is 0.409 e. The molecule has 0 aliphatic carbocycles. The van der Waals surface area contributed by atoms with E-state index in [2.05, 4.69) is 0 Å². The van der Waals surface area contributed by atoms with Crippen LogP contribution in [0.15, 0.2) is 18.2 Å². The SMILES string of the molecule is Cc1ccc(N)c(NC(=O)C(C(F)(F)F)C(F)(F)F)c1. The van der Waals surface area contributed by atoms with Gasteiger partial charge in [-0.25, -0.2) is 0 Å². The third-order valence-electron chi connectivity index (χ3n) is 2.38. The van der Waals surface area contributed by atoms with E-state index in [9.17, 15) is 31.1 Å². The zero-order valence-electron chi connectivity index (χ0n) is 10.1. The molecule has 0 heterocycles. The van der Waals surface area contributed by atoms with Crippen molar-refractivity contribution in [2.24, 2.45) is 5.92 Å². The molecule has 3 nitrogen and oxygen atoms in total. The number of carbonyl (C=O) groups is 1. The van der Waals surface area contributed by atoms with Gasteiger partial charge in [-0.15, -0.1) is 0 Å². The zero-order chi connectivity index (χ0) is 15.7. The molecule has 1 rings (SSSR count). The van der Waals surface area contributed by atoms with E-state index in [1.165, 1.54) is 18.2 Å². The van der Waals surface area contributed by atoms with Crippen LogP contribution in [-0.4, -0.2) is 18.3 Å². The number of halogens is 6. The number of amides is 1. The molecule has 0 aliphatic rings. The zero-order valence-corrected chi connectivity index (χ0v) is 10.1. The number of hydrogen-bond acceptors (Lipinski definition) is 2. The lowest BCUT2D eigenvalue weighted by atomic mass is 10.1. The van der Waals surface area contributed by atoms with Gasteiger partial charge in [-0.05, 0) is 24.6 Å². The van der Waals surface area contributed by atoms with E-state index in [1.54, 1.807) is 12.2 Å². The molecular weight excluding hydrogens is 290 g/mol. The summed E-state index contributed by atoms with van der Waals surface area (Å²) in [5, 5.41) is 1.56. The fraction of sp³-hybridized carbons (Fsp3) is 0.364. The van der Waals surface area contributed by atoms with Crippen molar-refractivity contribution >= 4 is 17.3 Å². The first kappa shape index (κ1) is 16.1. The molecule has 1 aromatic carbocycles. The van der Waals surface area contributed by atoms with E-state index in [1.807, 2.05) is 0 Å². The molecule has 9 heteroatoms. The van der Waals surface area contributed by atoms with Crippen molar-refractivity contribution in [2.45, 2.75) is 19.3 Å². The number of nitrogen functional groups attached to an aromatic ring is 1. The molecule has 112 valence electrons. The fourth-order valence-electron chi connectivity index (χ4n) is 1.47. The highest BCUT2D eigenvalue weighted by Gasteiger charge is 2.61. The molecule has 3 N–H and O–H groups in total. The summed E-state index contributed by atoms with van der Waals surface area (Å²) in [5.41, 5.74) is 5.47. The minimum atomic E-state index is -5.74. The molecule has 0 atom stereocenters. The van der Waals surface area contributed by atoms with Crippen LogP contribution in [0.2, 0.25) is 0 Å². The van der Waals surface area contributed by atoms with Gasteiger partial charge in [0, 0.05) is 0 Å². The van der Waals surface area contributed by atoms with Crippen molar-refractivity contribution in [1.82, 2.24) is 0 Å². The Hall–Kier alpha value is -1.93. The van der Waals surface area contributed by atoms with E-state index in [-0.39, 0.29) is 11.4 Å². The van der Waals surface area contributed by atoms with Gasteiger partial charge in [0.15, 0.2) is 0 Å². The van der Waals surface area contributed by atoms with E-state index in [0.29, 0.717) is 5.56 Å². The molecule has 0 aliphatic heterocycles. The summed E-state index contributed by atoms with van der Waals surface area (Å²) in [6.45, 7) is 1.54. The van der Waals surface area contributed by atoms with Crippen molar-refractivity contribution in [3.05, 3.63) is 23.8 Å². The van der Waals surface area contributed by atoms with E-state index in [0.717, 1.165) is 0 Å². The topological polar surface area (TPSA) is 55.1 Å². The number of carbonyl (C=O) groups excluding carboxylic acids is 1. The Labute approximate surface area is 109 Å². The number of alkyl halides is 6. The number of rotatable bonds is 2. The van der Waals surface area contributed by atoms with E-state index in [4.69, 9.17) is 5.73 Å². The smallest absolute Gasteiger partial charge is 0.397 e. The first-order valence-electron chi connectivity index (χ1n) is 5.23. The number of benzene rings is 1. The monoisotopic (exact) mass is 300 g/mol. The van der Waals surface area contributed by atoms with E-state index < -0.39 is 24.2 Å². The number of anilines is 2. The van der Waals surface area contributed by atoms with Crippen LogP contribution in [0.4, 0.5) is 37.7 Å². The second-order valence-corrected chi connectivity index (χ2v) is 4.10. The standard InChI is InChI=1S/C11H10F6N2O/c1-5-2-3-6(18)7(4-5)19-9(20)8(10(12,13)14)11(15,16)17/h2-4,8H,18H2,1H3,(H,19,20). The second-order valence-electron chi connectivity index (χ2n) is 4.10. The molecule has 0 aromatic heterocycles. The summed E-state index contributed by atoms with van der Waals surface area (Å²) >= 11 is 0. The summed E-state index contributed by atoms with van der Waals surface area (Å²) < 4.78 is 74.0. The molecule has 0 spiro atoms. The predicted molar refractivity (Wildman–Crippen MR) is 59.8 cm³/mol. The maximum absolute atomic E-state index is 12.3. The van der Waals surface area contributed by atoms with Gasteiger partial charge in [-0.3, -0.25) is 4.79 Å². The molecule has 0 bridgehead atoms. The Morgan fingerprint density at radius 1 is 1.15 bits per heavy atom. The third kappa shape index (κ3) is 3.78. The van der Waals surface area contributed by atoms with Gasteiger partial charge >= 0.3 is 12.4 Å². The third-order valence-corrected chi connectivity index (χ3v) is 2.38. The Balaban J connectivity index is 3.07. The van der Waals surface area contributed by atoms with Crippen molar-refractivity contribution in [1.29, 1.82) is 0 Å². The highest BCUT2D eigenvalue weighted by atomic mass is 19.4. The summed E-state index contributed by atoms with van der Waals surface area (Å²) in [6, 6.07) is 3.94. The number of hydrogen-bond donors (Lipinski definition) is 2. The molecule has 0 radical (unpaired) electrons. The minimum absolute atomic E-state index is 0.132.